The maximum Gasteiger partial charge on any atom is 0.340 e. The lowest BCUT2D eigenvalue weighted by Gasteiger charge is -2.20. The zero-order chi connectivity index (χ0) is 14.9. The van der Waals surface area contributed by atoms with Crippen molar-refractivity contribution in [1.29, 1.82) is 0 Å². The molecule has 1 fully saturated rings. The number of esters is 1. The SMILES string of the molecule is COC(=O)c1cc(Br)c(F)cc1N1CC(CCl)CC1=O. The second kappa shape index (κ2) is 6.10. The average Bonchev–Trinajstić information content (AvgIpc) is 2.81. The fraction of sp³-hybridized carbons (Fsp3) is 0.385. The zero-order valence-electron chi connectivity index (χ0n) is 10.7. The third kappa shape index (κ3) is 2.81. The third-order valence-corrected chi connectivity index (χ3v) is 4.20. The molecule has 1 aromatic rings. The van der Waals surface area contributed by atoms with Gasteiger partial charge in [0.05, 0.1) is 22.8 Å². The Bertz CT molecular complexity index is 567. The average molecular weight is 365 g/mol. The van der Waals surface area contributed by atoms with Gasteiger partial charge in [0.25, 0.3) is 0 Å². The maximum absolute atomic E-state index is 13.7. The molecule has 1 heterocycles. The van der Waals surface area contributed by atoms with Crippen LogP contribution in [0.5, 0.6) is 0 Å². The summed E-state index contributed by atoms with van der Waals surface area (Å²) in [5.74, 6) is -1.00. The lowest BCUT2D eigenvalue weighted by Crippen LogP contribution is -2.27. The Morgan fingerprint density at radius 1 is 1.60 bits per heavy atom. The summed E-state index contributed by atoms with van der Waals surface area (Å²) in [5, 5.41) is 0. The topological polar surface area (TPSA) is 46.6 Å². The number of ether oxygens (including phenoxy) is 1. The largest absolute Gasteiger partial charge is 0.465 e. The van der Waals surface area contributed by atoms with Crippen LogP contribution >= 0.6 is 27.5 Å². The van der Waals surface area contributed by atoms with Gasteiger partial charge in [-0.1, -0.05) is 0 Å². The number of amides is 1. The smallest absolute Gasteiger partial charge is 0.340 e. The highest BCUT2D eigenvalue weighted by Crippen LogP contribution is 2.32. The van der Waals surface area contributed by atoms with E-state index in [9.17, 15) is 14.0 Å². The van der Waals surface area contributed by atoms with Crippen molar-refractivity contribution in [3.05, 3.63) is 28.0 Å². The second-order valence-corrected chi connectivity index (χ2v) is 5.67. The normalized spacial score (nSPS) is 18.5. The van der Waals surface area contributed by atoms with E-state index in [0.29, 0.717) is 18.8 Å². The van der Waals surface area contributed by atoms with E-state index in [1.54, 1.807) is 0 Å². The Kier molecular flexibility index (Phi) is 4.65. The van der Waals surface area contributed by atoms with Gasteiger partial charge in [-0.2, -0.15) is 0 Å². The van der Waals surface area contributed by atoms with Crippen molar-refractivity contribution >= 4 is 45.1 Å². The van der Waals surface area contributed by atoms with Crippen molar-refractivity contribution in [2.45, 2.75) is 6.42 Å². The van der Waals surface area contributed by atoms with Crippen LogP contribution in [0.1, 0.15) is 16.8 Å². The summed E-state index contributed by atoms with van der Waals surface area (Å²) < 4.78 is 18.5. The predicted octanol–water partition coefficient (Wildman–Crippen LogP) is 2.97. The second-order valence-electron chi connectivity index (χ2n) is 4.50. The lowest BCUT2D eigenvalue weighted by atomic mass is 10.1. The molecule has 108 valence electrons. The van der Waals surface area contributed by atoms with Gasteiger partial charge in [0.2, 0.25) is 5.91 Å². The highest BCUT2D eigenvalue weighted by atomic mass is 79.9. The number of hydrogen-bond acceptors (Lipinski definition) is 3. The van der Waals surface area contributed by atoms with Gasteiger partial charge in [0, 0.05) is 18.8 Å². The van der Waals surface area contributed by atoms with Gasteiger partial charge < -0.3 is 9.64 Å². The molecule has 1 aliphatic rings. The van der Waals surface area contributed by atoms with E-state index in [2.05, 4.69) is 20.7 Å². The number of benzene rings is 1. The van der Waals surface area contributed by atoms with Gasteiger partial charge in [0.1, 0.15) is 5.82 Å². The van der Waals surface area contributed by atoms with Gasteiger partial charge >= 0.3 is 5.97 Å². The fourth-order valence-electron chi connectivity index (χ4n) is 2.15. The Balaban J connectivity index is 2.47. The summed E-state index contributed by atoms with van der Waals surface area (Å²) in [6, 6.07) is 2.47. The number of carbonyl (C=O) groups excluding carboxylic acids is 2. The number of rotatable bonds is 3. The molecule has 0 aromatic heterocycles. The summed E-state index contributed by atoms with van der Waals surface area (Å²) >= 11 is 8.78. The van der Waals surface area contributed by atoms with Crippen LogP contribution in [0.2, 0.25) is 0 Å². The highest BCUT2D eigenvalue weighted by molar-refractivity contribution is 9.10. The molecule has 7 heteroatoms. The molecular formula is C13H12BrClFNO3. The number of carbonyl (C=O) groups is 2. The lowest BCUT2D eigenvalue weighted by molar-refractivity contribution is -0.117. The molecule has 0 N–H and O–H groups in total. The summed E-state index contributed by atoms with van der Waals surface area (Å²) in [4.78, 5) is 25.2. The molecule has 1 atom stereocenters. The molecule has 1 aromatic carbocycles. The number of nitrogens with zero attached hydrogens (tertiary/aromatic N) is 1. The third-order valence-electron chi connectivity index (χ3n) is 3.16. The minimum absolute atomic E-state index is 0.00127. The molecule has 1 unspecified atom stereocenters. The van der Waals surface area contributed by atoms with Crippen molar-refractivity contribution in [3.63, 3.8) is 0 Å². The fourth-order valence-corrected chi connectivity index (χ4v) is 2.70. The van der Waals surface area contributed by atoms with E-state index >= 15 is 0 Å². The predicted molar refractivity (Wildman–Crippen MR) is 76.6 cm³/mol. The maximum atomic E-state index is 13.7. The van der Waals surface area contributed by atoms with Crippen LogP contribution in [0, 0.1) is 11.7 Å². The molecule has 0 spiro atoms. The molecule has 2 rings (SSSR count). The van der Waals surface area contributed by atoms with E-state index in [-0.39, 0.29) is 27.5 Å². The van der Waals surface area contributed by atoms with Crippen molar-refractivity contribution in [2.24, 2.45) is 5.92 Å². The Labute approximate surface area is 129 Å². The van der Waals surface area contributed by atoms with Gasteiger partial charge in [-0.25, -0.2) is 9.18 Å². The van der Waals surface area contributed by atoms with Crippen LogP contribution in [-0.2, 0) is 9.53 Å². The van der Waals surface area contributed by atoms with E-state index in [4.69, 9.17) is 11.6 Å². The van der Waals surface area contributed by atoms with Crippen LogP contribution in [0.4, 0.5) is 10.1 Å². The number of methoxy groups -OCH3 is 1. The van der Waals surface area contributed by atoms with Crippen molar-refractivity contribution in [2.75, 3.05) is 24.4 Å². The first-order chi connectivity index (χ1) is 9.47. The van der Waals surface area contributed by atoms with E-state index in [1.165, 1.54) is 18.1 Å². The quantitative estimate of drug-likeness (QED) is 0.612. The van der Waals surface area contributed by atoms with Gasteiger partial charge in [-0.3, -0.25) is 4.79 Å². The number of alkyl halides is 1. The first kappa shape index (κ1) is 15.3. The molecule has 1 amide bonds. The number of hydrogen-bond donors (Lipinski definition) is 0. The molecule has 0 aliphatic carbocycles. The van der Waals surface area contributed by atoms with Crippen LogP contribution in [-0.4, -0.2) is 31.4 Å². The van der Waals surface area contributed by atoms with Crippen molar-refractivity contribution in [3.8, 4) is 0 Å². The zero-order valence-corrected chi connectivity index (χ0v) is 13.0. The van der Waals surface area contributed by atoms with E-state index in [1.807, 2.05) is 0 Å². The number of anilines is 1. The summed E-state index contributed by atoms with van der Waals surface area (Å²) in [7, 11) is 1.23. The highest BCUT2D eigenvalue weighted by Gasteiger charge is 2.33. The molecule has 0 bridgehead atoms. The molecule has 0 radical (unpaired) electrons. The van der Waals surface area contributed by atoms with Gasteiger partial charge in [-0.05, 0) is 34.0 Å². The van der Waals surface area contributed by atoms with E-state index < -0.39 is 11.8 Å². The Morgan fingerprint density at radius 2 is 2.30 bits per heavy atom. The van der Waals surface area contributed by atoms with Gasteiger partial charge in [-0.15, -0.1) is 11.6 Å². The first-order valence-electron chi connectivity index (χ1n) is 5.91. The standard InChI is InChI=1S/C13H12BrClFNO3/c1-20-13(19)8-3-9(14)10(16)4-11(8)17-6-7(5-15)2-12(17)18/h3-4,7H,2,5-6H2,1H3. The van der Waals surface area contributed by atoms with E-state index in [0.717, 1.165) is 6.07 Å². The number of halogens is 3. The molecular weight excluding hydrogens is 353 g/mol. The Morgan fingerprint density at radius 3 is 2.85 bits per heavy atom. The van der Waals surface area contributed by atoms with Crippen LogP contribution in [0.3, 0.4) is 0 Å². The van der Waals surface area contributed by atoms with Crippen molar-refractivity contribution < 1.29 is 18.7 Å². The first-order valence-corrected chi connectivity index (χ1v) is 7.24. The van der Waals surface area contributed by atoms with Crippen LogP contribution in [0.25, 0.3) is 0 Å². The molecule has 0 saturated carbocycles. The minimum atomic E-state index is -0.622. The molecule has 1 saturated heterocycles. The molecule has 4 nitrogen and oxygen atoms in total. The summed E-state index contributed by atoms with van der Waals surface area (Å²) in [5.41, 5.74) is 0.361. The van der Waals surface area contributed by atoms with Crippen molar-refractivity contribution in [1.82, 2.24) is 0 Å². The molecule has 1 aliphatic heterocycles. The Hall–Kier alpha value is -1.14. The molecule has 20 heavy (non-hydrogen) atoms. The van der Waals surface area contributed by atoms with Gasteiger partial charge in [0.15, 0.2) is 0 Å². The van der Waals surface area contributed by atoms with Crippen LogP contribution < -0.4 is 4.90 Å². The van der Waals surface area contributed by atoms with Crippen LogP contribution in [0.15, 0.2) is 16.6 Å². The minimum Gasteiger partial charge on any atom is -0.465 e. The monoisotopic (exact) mass is 363 g/mol. The summed E-state index contributed by atoms with van der Waals surface area (Å²) in [6.07, 6.45) is 0.293. The summed E-state index contributed by atoms with van der Waals surface area (Å²) in [6.45, 7) is 0.368.